The molecule has 4 aliphatic rings. The second-order valence-corrected chi connectivity index (χ2v) is 16.3. The van der Waals surface area contributed by atoms with Gasteiger partial charge in [-0.1, -0.05) is 30.3 Å². The van der Waals surface area contributed by atoms with Crippen LogP contribution in [0.25, 0.3) is 11.2 Å². The number of aromatic nitrogens is 4. The van der Waals surface area contributed by atoms with Crippen molar-refractivity contribution in [2.24, 2.45) is 5.41 Å². The van der Waals surface area contributed by atoms with Crippen molar-refractivity contribution in [2.75, 3.05) is 49.5 Å². The predicted octanol–water partition coefficient (Wildman–Crippen LogP) is 5.93. The molecule has 4 heterocycles. The number of nitrogens with zero attached hydrogens (tertiary/aromatic N) is 7. The number of rotatable bonds is 8. The molecule has 0 unspecified atom stereocenters. The molecular weight excluding hydrogens is 654 g/mol. The SMILES string of the molecule is CC(C)(C)OC(=O)N1CCC2(CC1)CC(N1CCN(c3ccc(Nc4ncnc5c4ncn5C4CC(NC(=O)Cc5ccccc5)C4)cc3)CC1)C2. The Kier molecular flexibility index (Phi) is 9.27. The Morgan fingerprint density at radius 1 is 0.865 bits per heavy atom. The third kappa shape index (κ3) is 7.44. The van der Waals surface area contributed by atoms with Gasteiger partial charge in [-0.25, -0.2) is 19.7 Å². The second-order valence-electron chi connectivity index (χ2n) is 16.3. The van der Waals surface area contributed by atoms with Crippen LogP contribution in [0.2, 0.25) is 0 Å². The number of carbonyl (C=O) groups is 2. The molecule has 4 fully saturated rings. The normalized spacial score (nSPS) is 22.1. The molecule has 2 saturated heterocycles. The molecule has 2 N–H and O–H groups in total. The fourth-order valence-electron chi connectivity index (χ4n) is 8.54. The molecule has 8 rings (SSSR count). The summed E-state index contributed by atoms with van der Waals surface area (Å²) in [4.78, 5) is 45.9. The molecule has 52 heavy (non-hydrogen) atoms. The fourth-order valence-corrected chi connectivity index (χ4v) is 8.54. The molecule has 0 bridgehead atoms. The highest BCUT2D eigenvalue weighted by Gasteiger charge is 2.48. The van der Waals surface area contributed by atoms with Gasteiger partial charge in [0.05, 0.1) is 12.7 Å². The number of amides is 2. The molecule has 0 atom stereocenters. The predicted molar refractivity (Wildman–Crippen MR) is 202 cm³/mol. The van der Waals surface area contributed by atoms with Crippen molar-refractivity contribution in [1.29, 1.82) is 0 Å². The van der Waals surface area contributed by atoms with Gasteiger partial charge in [0.25, 0.3) is 0 Å². The second kappa shape index (κ2) is 14.0. The van der Waals surface area contributed by atoms with Gasteiger partial charge in [0.2, 0.25) is 5.91 Å². The van der Waals surface area contributed by atoms with E-state index in [0.29, 0.717) is 23.7 Å². The number of anilines is 3. The van der Waals surface area contributed by atoms with Crippen LogP contribution in [0.5, 0.6) is 0 Å². The molecule has 2 aromatic heterocycles. The van der Waals surface area contributed by atoms with Gasteiger partial charge in [0.1, 0.15) is 11.9 Å². The Morgan fingerprint density at radius 3 is 2.27 bits per heavy atom. The van der Waals surface area contributed by atoms with Crippen LogP contribution in [0.15, 0.2) is 67.3 Å². The molecular formula is C40H51N9O3. The van der Waals surface area contributed by atoms with E-state index in [1.807, 2.05) is 62.3 Å². The van der Waals surface area contributed by atoms with E-state index in [4.69, 9.17) is 4.74 Å². The molecule has 12 heteroatoms. The molecule has 0 radical (unpaired) electrons. The van der Waals surface area contributed by atoms with Gasteiger partial charge in [-0.05, 0) is 94.5 Å². The Bertz CT molecular complexity index is 1860. The Balaban J connectivity index is 0.791. The zero-order valence-electron chi connectivity index (χ0n) is 30.6. The molecule has 2 saturated carbocycles. The van der Waals surface area contributed by atoms with Crippen LogP contribution >= 0.6 is 0 Å². The van der Waals surface area contributed by atoms with E-state index >= 15 is 0 Å². The molecule has 12 nitrogen and oxygen atoms in total. The largest absolute Gasteiger partial charge is 0.444 e. The Morgan fingerprint density at radius 2 is 1.58 bits per heavy atom. The van der Waals surface area contributed by atoms with Gasteiger partial charge in [0, 0.05) is 68.8 Å². The van der Waals surface area contributed by atoms with Crippen LogP contribution in [0.3, 0.4) is 0 Å². The van der Waals surface area contributed by atoms with E-state index in [1.165, 1.54) is 18.5 Å². The zero-order chi connectivity index (χ0) is 35.9. The molecule has 2 aliphatic carbocycles. The Labute approximate surface area is 305 Å². The maximum absolute atomic E-state index is 12.5. The Hall–Kier alpha value is -4.71. The summed E-state index contributed by atoms with van der Waals surface area (Å²) in [5.74, 6) is 0.746. The fraction of sp³-hybridized carbons (Fsp3) is 0.525. The van der Waals surface area contributed by atoms with Crippen LogP contribution in [-0.2, 0) is 16.0 Å². The smallest absolute Gasteiger partial charge is 0.410 e. The molecule has 274 valence electrons. The summed E-state index contributed by atoms with van der Waals surface area (Å²) in [5, 5.41) is 6.64. The third-order valence-electron chi connectivity index (χ3n) is 11.6. The number of nitrogens with one attached hydrogen (secondary N) is 2. The van der Waals surface area contributed by atoms with Gasteiger partial charge in [0.15, 0.2) is 17.0 Å². The van der Waals surface area contributed by atoms with Crippen LogP contribution in [0.4, 0.5) is 22.0 Å². The lowest BCUT2D eigenvalue weighted by molar-refractivity contribution is -0.121. The lowest BCUT2D eigenvalue weighted by Gasteiger charge is -2.56. The summed E-state index contributed by atoms with van der Waals surface area (Å²) in [5.41, 5.74) is 4.71. The van der Waals surface area contributed by atoms with Gasteiger partial charge in [-0.3, -0.25) is 9.69 Å². The minimum absolute atomic E-state index is 0.0603. The van der Waals surface area contributed by atoms with Crippen LogP contribution in [0.1, 0.15) is 70.9 Å². The molecule has 2 amide bonds. The lowest BCUT2D eigenvalue weighted by Crippen LogP contribution is -2.59. The topological polar surface area (TPSA) is 121 Å². The zero-order valence-corrected chi connectivity index (χ0v) is 30.6. The number of fused-ring (bicyclic) bond motifs is 1. The van der Waals surface area contributed by atoms with E-state index in [9.17, 15) is 9.59 Å². The molecule has 2 aromatic carbocycles. The first-order chi connectivity index (χ1) is 25.1. The number of carbonyl (C=O) groups excluding carboxylic acids is 2. The molecule has 2 aliphatic heterocycles. The van der Waals surface area contributed by atoms with E-state index in [-0.39, 0.29) is 24.1 Å². The number of hydrogen-bond acceptors (Lipinski definition) is 9. The standard InChI is InChI=1S/C40H51N9O3/c1-39(2,3)52-38(51)48-15-13-40(14-16-48)24-33(25-40)47-19-17-46(18-20-47)31-11-9-29(10-12-31)45-36-35-37(42-26-41-36)49(27-43-35)32-22-30(23-32)44-34(50)21-28-7-5-4-6-8-28/h4-12,26-27,30,32-33H,13-25H2,1-3H3,(H,44,50)(H,41,42,45). The van der Waals surface area contributed by atoms with E-state index in [2.05, 4.69) is 64.2 Å². The number of imidazole rings is 1. The van der Waals surface area contributed by atoms with Crippen molar-refractivity contribution < 1.29 is 14.3 Å². The maximum Gasteiger partial charge on any atom is 0.410 e. The molecule has 1 spiro atoms. The first-order valence-electron chi connectivity index (χ1n) is 18.9. The van der Waals surface area contributed by atoms with Crippen LogP contribution in [-0.4, -0.2) is 98.3 Å². The number of hydrogen-bond donors (Lipinski definition) is 2. The van der Waals surface area contributed by atoms with Gasteiger partial charge < -0.3 is 29.7 Å². The van der Waals surface area contributed by atoms with E-state index in [0.717, 1.165) is 87.4 Å². The summed E-state index contributed by atoms with van der Waals surface area (Å²) in [6.45, 7) is 11.6. The van der Waals surface area contributed by atoms with Gasteiger partial charge in [-0.15, -0.1) is 0 Å². The number of benzene rings is 2. The maximum atomic E-state index is 12.5. The summed E-state index contributed by atoms with van der Waals surface area (Å²) in [7, 11) is 0. The highest BCUT2D eigenvalue weighted by molar-refractivity contribution is 5.85. The first kappa shape index (κ1) is 34.4. The lowest BCUT2D eigenvalue weighted by atomic mass is 9.60. The van der Waals surface area contributed by atoms with Crippen molar-refractivity contribution >= 4 is 40.4 Å². The average molecular weight is 706 g/mol. The van der Waals surface area contributed by atoms with Crippen molar-refractivity contribution in [3.63, 3.8) is 0 Å². The first-order valence-corrected chi connectivity index (χ1v) is 18.9. The highest BCUT2D eigenvalue weighted by atomic mass is 16.6. The van der Waals surface area contributed by atoms with Gasteiger partial charge in [-0.2, -0.15) is 0 Å². The minimum Gasteiger partial charge on any atom is -0.444 e. The van der Waals surface area contributed by atoms with E-state index < -0.39 is 5.60 Å². The number of ether oxygens (including phenoxy) is 1. The number of piperazine rings is 1. The van der Waals surface area contributed by atoms with Crippen LogP contribution < -0.4 is 15.5 Å². The summed E-state index contributed by atoms with van der Waals surface area (Å²) < 4.78 is 7.71. The average Bonchev–Trinajstić information content (AvgIpc) is 3.53. The van der Waals surface area contributed by atoms with Crippen molar-refractivity contribution in [3.05, 3.63) is 72.8 Å². The highest BCUT2D eigenvalue weighted by Crippen LogP contribution is 2.51. The summed E-state index contributed by atoms with van der Waals surface area (Å²) in [6, 6.07) is 19.5. The van der Waals surface area contributed by atoms with E-state index in [1.54, 1.807) is 6.33 Å². The monoisotopic (exact) mass is 705 g/mol. The van der Waals surface area contributed by atoms with Crippen LogP contribution in [0, 0.1) is 5.41 Å². The summed E-state index contributed by atoms with van der Waals surface area (Å²) in [6.07, 6.45) is 10.0. The van der Waals surface area contributed by atoms with Gasteiger partial charge >= 0.3 is 6.09 Å². The van der Waals surface area contributed by atoms with Crippen molar-refractivity contribution in [3.8, 4) is 0 Å². The number of piperidine rings is 1. The van der Waals surface area contributed by atoms with Crippen molar-refractivity contribution in [2.45, 2.75) is 89.4 Å². The minimum atomic E-state index is -0.445. The molecule has 4 aromatic rings. The third-order valence-corrected chi connectivity index (χ3v) is 11.6. The quantitative estimate of drug-likeness (QED) is 0.230. The van der Waals surface area contributed by atoms with Crippen molar-refractivity contribution in [1.82, 2.24) is 34.6 Å². The summed E-state index contributed by atoms with van der Waals surface area (Å²) >= 11 is 0. The number of likely N-dealkylation sites (tertiary alicyclic amines) is 1.